The molecule has 5 nitrogen and oxygen atoms in total. The highest BCUT2D eigenvalue weighted by molar-refractivity contribution is 7.98. The summed E-state index contributed by atoms with van der Waals surface area (Å²) in [5, 5.41) is 15.1. The van der Waals surface area contributed by atoms with Gasteiger partial charge in [-0.15, -0.1) is 11.3 Å². The molecule has 2 N–H and O–H groups in total. The predicted molar refractivity (Wildman–Crippen MR) is 94.0 cm³/mol. The first-order valence-corrected chi connectivity index (χ1v) is 9.63. The third-order valence-corrected chi connectivity index (χ3v) is 5.69. The topological polar surface area (TPSA) is 61.3 Å². The van der Waals surface area contributed by atoms with Gasteiger partial charge in [-0.1, -0.05) is 18.7 Å². The number of fused-ring (bicyclic) bond motifs is 3. The van der Waals surface area contributed by atoms with Crippen LogP contribution in [0.5, 0.6) is 0 Å². The molecule has 0 unspecified atom stereocenters. The molecule has 0 amide bonds. The third-order valence-electron chi connectivity index (χ3n) is 4.03. The molecule has 1 aliphatic rings. The van der Waals surface area contributed by atoms with Crippen molar-refractivity contribution < 1.29 is 5.11 Å². The number of likely N-dealkylation sites (N-methyl/N-ethyl adjacent to an activating group) is 1. The molecule has 0 saturated heterocycles. The van der Waals surface area contributed by atoms with Gasteiger partial charge < -0.3 is 15.3 Å². The average Bonchev–Trinajstić information content (AvgIpc) is 2.89. The van der Waals surface area contributed by atoms with Crippen LogP contribution in [-0.2, 0) is 13.0 Å². The van der Waals surface area contributed by atoms with E-state index in [-0.39, 0.29) is 6.10 Å². The third kappa shape index (κ3) is 3.08. The van der Waals surface area contributed by atoms with Crippen LogP contribution in [0, 0.1) is 0 Å². The fraction of sp³-hybridized carbons (Fsp3) is 0.600. The lowest BCUT2D eigenvalue weighted by atomic mass is 10.1. The van der Waals surface area contributed by atoms with Crippen LogP contribution in [0.25, 0.3) is 10.2 Å². The van der Waals surface area contributed by atoms with Gasteiger partial charge in [0.2, 0.25) is 0 Å². The first-order valence-electron chi connectivity index (χ1n) is 7.59. The Bertz CT molecular complexity index is 673. The van der Waals surface area contributed by atoms with Crippen LogP contribution in [0.3, 0.4) is 0 Å². The summed E-state index contributed by atoms with van der Waals surface area (Å²) in [6.07, 6.45) is 3.43. The second kappa shape index (κ2) is 6.70. The standard InChI is InChI=1S/C15H22N4OS2/c1-4-9(20)7-16-13-12-10-5-6-19(2)8-11(10)22-14(12)18-15(17-13)21-3/h9,20H,4-8H2,1-3H3,(H,16,17,18)/t9-/m0/s1. The molecule has 2 aromatic heterocycles. The smallest absolute Gasteiger partial charge is 0.190 e. The van der Waals surface area contributed by atoms with Crippen molar-refractivity contribution in [2.75, 3.05) is 31.7 Å². The molecule has 0 fully saturated rings. The SMILES string of the molecule is CC[C@H](O)CNc1nc(SC)nc2sc3c(c12)CCN(C)C3. The van der Waals surface area contributed by atoms with Gasteiger partial charge in [0.15, 0.2) is 5.16 Å². The second-order valence-corrected chi connectivity index (χ2v) is 7.53. The molecule has 1 atom stereocenters. The van der Waals surface area contributed by atoms with E-state index < -0.39 is 0 Å². The Morgan fingerprint density at radius 1 is 1.45 bits per heavy atom. The fourth-order valence-electron chi connectivity index (χ4n) is 2.68. The largest absolute Gasteiger partial charge is 0.391 e. The normalized spacial score (nSPS) is 16.7. The van der Waals surface area contributed by atoms with E-state index in [1.165, 1.54) is 10.4 Å². The molecule has 0 spiro atoms. The number of nitrogens with zero attached hydrogens (tertiary/aromatic N) is 3. The number of thioether (sulfide) groups is 1. The first-order chi connectivity index (χ1) is 10.6. The zero-order valence-corrected chi connectivity index (χ0v) is 14.9. The maximum absolute atomic E-state index is 9.83. The second-order valence-electron chi connectivity index (χ2n) is 5.67. The Kier molecular flexibility index (Phi) is 4.87. The maximum atomic E-state index is 9.83. The van der Waals surface area contributed by atoms with Crippen molar-refractivity contribution in [1.29, 1.82) is 0 Å². The molecular weight excluding hydrogens is 316 g/mol. The molecule has 0 aromatic carbocycles. The van der Waals surface area contributed by atoms with Crippen LogP contribution in [0.2, 0.25) is 0 Å². The summed E-state index contributed by atoms with van der Waals surface area (Å²) >= 11 is 3.33. The van der Waals surface area contributed by atoms with Crippen LogP contribution in [0.15, 0.2) is 5.16 Å². The van der Waals surface area contributed by atoms with Gasteiger partial charge in [-0.2, -0.15) is 0 Å². The van der Waals surface area contributed by atoms with E-state index in [0.29, 0.717) is 6.54 Å². The fourth-order valence-corrected chi connectivity index (χ4v) is 4.40. The number of aliphatic hydroxyl groups excluding tert-OH is 1. The molecular formula is C15H22N4OS2. The van der Waals surface area contributed by atoms with Crippen molar-refractivity contribution in [3.8, 4) is 0 Å². The molecule has 2 aromatic rings. The Balaban J connectivity index is 2.04. The van der Waals surface area contributed by atoms with Crippen molar-refractivity contribution in [3.63, 3.8) is 0 Å². The molecule has 0 aliphatic carbocycles. The number of aromatic nitrogens is 2. The Hall–Kier alpha value is -0.890. The van der Waals surface area contributed by atoms with E-state index in [0.717, 1.165) is 47.1 Å². The lowest BCUT2D eigenvalue weighted by molar-refractivity contribution is 0.183. The number of thiophene rings is 1. The van der Waals surface area contributed by atoms with E-state index in [9.17, 15) is 5.11 Å². The van der Waals surface area contributed by atoms with Crippen molar-refractivity contribution in [2.24, 2.45) is 0 Å². The zero-order valence-electron chi connectivity index (χ0n) is 13.2. The molecule has 0 saturated carbocycles. The molecule has 120 valence electrons. The lowest BCUT2D eigenvalue weighted by Gasteiger charge is -2.22. The number of aliphatic hydroxyl groups is 1. The monoisotopic (exact) mass is 338 g/mol. The number of hydrogen-bond acceptors (Lipinski definition) is 7. The van der Waals surface area contributed by atoms with Gasteiger partial charge in [0.1, 0.15) is 10.6 Å². The summed E-state index contributed by atoms with van der Waals surface area (Å²) in [6, 6.07) is 0. The molecule has 22 heavy (non-hydrogen) atoms. The highest BCUT2D eigenvalue weighted by Gasteiger charge is 2.23. The summed E-state index contributed by atoms with van der Waals surface area (Å²) in [4.78, 5) is 14.1. The van der Waals surface area contributed by atoms with Crippen molar-refractivity contribution in [3.05, 3.63) is 10.4 Å². The van der Waals surface area contributed by atoms with Crippen LogP contribution in [0.4, 0.5) is 5.82 Å². The zero-order chi connectivity index (χ0) is 15.7. The van der Waals surface area contributed by atoms with E-state index in [1.54, 1.807) is 23.1 Å². The van der Waals surface area contributed by atoms with E-state index in [1.807, 2.05) is 13.2 Å². The minimum atomic E-state index is -0.344. The van der Waals surface area contributed by atoms with Gasteiger partial charge in [-0.05, 0) is 31.7 Å². The van der Waals surface area contributed by atoms with Gasteiger partial charge in [-0.3, -0.25) is 0 Å². The van der Waals surface area contributed by atoms with Crippen LogP contribution < -0.4 is 5.32 Å². The Labute approximate surface area is 139 Å². The van der Waals surface area contributed by atoms with Crippen molar-refractivity contribution in [1.82, 2.24) is 14.9 Å². The summed E-state index contributed by atoms with van der Waals surface area (Å²) in [6.45, 7) is 4.57. The minimum absolute atomic E-state index is 0.344. The quantitative estimate of drug-likeness (QED) is 0.645. The molecule has 3 rings (SSSR count). The highest BCUT2D eigenvalue weighted by Crippen LogP contribution is 2.38. The molecule has 1 aliphatic heterocycles. The Morgan fingerprint density at radius 3 is 3.00 bits per heavy atom. The summed E-state index contributed by atoms with van der Waals surface area (Å²) in [5.41, 5.74) is 1.39. The molecule has 0 bridgehead atoms. The maximum Gasteiger partial charge on any atom is 0.190 e. The predicted octanol–water partition coefficient (Wildman–Crippen LogP) is 2.58. The minimum Gasteiger partial charge on any atom is -0.391 e. The van der Waals surface area contributed by atoms with Gasteiger partial charge in [-0.25, -0.2) is 9.97 Å². The average molecular weight is 339 g/mol. The van der Waals surface area contributed by atoms with E-state index >= 15 is 0 Å². The molecule has 3 heterocycles. The lowest BCUT2D eigenvalue weighted by Crippen LogP contribution is -2.25. The first kappa shape index (κ1) is 16.0. The Morgan fingerprint density at radius 2 is 2.27 bits per heavy atom. The van der Waals surface area contributed by atoms with Crippen LogP contribution in [-0.4, -0.2) is 52.5 Å². The number of anilines is 1. The van der Waals surface area contributed by atoms with Crippen LogP contribution >= 0.6 is 23.1 Å². The highest BCUT2D eigenvalue weighted by atomic mass is 32.2. The van der Waals surface area contributed by atoms with Gasteiger partial charge >= 0.3 is 0 Å². The number of nitrogens with one attached hydrogen (secondary N) is 1. The summed E-state index contributed by atoms with van der Waals surface area (Å²) in [7, 11) is 2.16. The van der Waals surface area contributed by atoms with Crippen molar-refractivity contribution in [2.45, 2.75) is 37.6 Å². The molecule has 0 radical (unpaired) electrons. The van der Waals surface area contributed by atoms with Gasteiger partial charge in [0, 0.05) is 24.5 Å². The summed E-state index contributed by atoms with van der Waals surface area (Å²) in [5.74, 6) is 0.879. The number of rotatable bonds is 5. The van der Waals surface area contributed by atoms with Crippen molar-refractivity contribution >= 4 is 39.1 Å². The molecule has 7 heteroatoms. The van der Waals surface area contributed by atoms with Crippen LogP contribution in [0.1, 0.15) is 23.8 Å². The van der Waals surface area contributed by atoms with E-state index in [4.69, 9.17) is 0 Å². The van der Waals surface area contributed by atoms with Gasteiger partial charge in [0.05, 0.1) is 11.5 Å². The van der Waals surface area contributed by atoms with E-state index in [2.05, 4.69) is 27.2 Å². The number of hydrogen-bond donors (Lipinski definition) is 2. The van der Waals surface area contributed by atoms with Gasteiger partial charge in [0.25, 0.3) is 0 Å². The summed E-state index contributed by atoms with van der Waals surface area (Å²) < 4.78 is 0.